The van der Waals surface area contributed by atoms with Crippen LogP contribution in [0, 0.1) is 0 Å². The summed E-state index contributed by atoms with van der Waals surface area (Å²) in [5.74, 6) is 1.87. The molecule has 3 aromatic rings. The Labute approximate surface area is 189 Å². The van der Waals surface area contributed by atoms with E-state index in [-0.39, 0.29) is 18.3 Å². The van der Waals surface area contributed by atoms with E-state index < -0.39 is 0 Å². The van der Waals surface area contributed by atoms with Crippen molar-refractivity contribution in [3.63, 3.8) is 0 Å². The zero-order chi connectivity index (χ0) is 21.7. The first-order valence-electron chi connectivity index (χ1n) is 9.32. The van der Waals surface area contributed by atoms with Gasteiger partial charge in [0.15, 0.2) is 11.0 Å². The van der Waals surface area contributed by atoms with Crippen molar-refractivity contribution >= 4 is 46.6 Å². The van der Waals surface area contributed by atoms with Crippen LogP contribution in [0.4, 0.5) is 5.69 Å². The molecule has 30 heavy (non-hydrogen) atoms. The van der Waals surface area contributed by atoms with Crippen molar-refractivity contribution in [2.75, 3.05) is 11.1 Å². The van der Waals surface area contributed by atoms with Crippen molar-refractivity contribution in [3.8, 4) is 5.75 Å². The molecule has 0 saturated heterocycles. The highest BCUT2D eigenvalue weighted by atomic mass is 35.5. The van der Waals surface area contributed by atoms with Gasteiger partial charge in [0.05, 0.1) is 16.5 Å². The Morgan fingerprint density at radius 1 is 1.17 bits per heavy atom. The Balaban J connectivity index is 1.53. The number of hydrogen-bond donors (Lipinski definition) is 1. The van der Waals surface area contributed by atoms with E-state index >= 15 is 0 Å². The number of nitrogens with zero attached hydrogens (tertiary/aromatic N) is 3. The molecular weight excluding hydrogens is 443 g/mol. The van der Waals surface area contributed by atoms with Crippen LogP contribution in [0.5, 0.6) is 5.75 Å². The molecule has 0 aliphatic heterocycles. The first kappa shape index (κ1) is 22.5. The number of nitrogens with one attached hydrogen (secondary N) is 1. The van der Waals surface area contributed by atoms with Crippen LogP contribution in [0.1, 0.15) is 31.2 Å². The van der Waals surface area contributed by atoms with Gasteiger partial charge < -0.3 is 14.6 Å². The van der Waals surface area contributed by atoms with Crippen LogP contribution in [-0.2, 0) is 18.4 Å². The fraction of sp³-hybridized carbons (Fsp3) is 0.286. The van der Waals surface area contributed by atoms with E-state index in [1.807, 2.05) is 23.7 Å². The SMILES string of the molecule is CC(C)c1ccc(OCc2nnc(SCC(=O)Nc3cc(Cl)ccc3Cl)n2C)cc1. The quantitative estimate of drug-likeness (QED) is 0.442. The van der Waals surface area contributed by atoms with Gasteiger partial charge in [0.25, 0.3) is 0 Å². The lowest BCUT2D eigenvalue weighted by molar-refractivity contribution is -0.113. The van der Waals surface area contributed by atoms with Crippen LogP contribution in [0.15, 0.2) is 47.6 Å². The highest BCUT2D eigenvalue weighted by molar-refractivity contribution is 7.99. The number of benzene rings is 2. The third-order valence-electron chi connectivity index (χ3n) is 4.37. The number of rotatable bonds is 8. The second kappa shape index (κ2) is 10.2. The Hall–Kier alpha value is -2.22. The summed E-state index contributed by atoms with van der Waals surface area (Å²) in [5.41, 5.74) is 1.74. The second-order valence-electron chi connectivity index (χ2n) is 6.93. The van der Waals surface area contributed by atoms with E-state index in [2.05, 4.69) is 41.5 Å². The van der Waals surface area contributed by atoms with Crippen LogP contribution >= 0.6 is 35.0 Å². The molecule has 0 fully saturated rings. The van der Waals surface area contributed by atoms with Crippen LogP contribution in [0.2, 0.25) is 10.0 Å². The minimum absolute atomic E-state index is 0.159. The van der Waals surface area contributed by atoms with Crippen molar-refractivity contribution < 1.29 is 9.53 Å². The maximum atomic E-state index is 12.2. The van der Waals surface area contributed by atoms with E-state index in [0.29, 0.717) is 32.6 Å². The van der Waals surface area contributed by atoms with E-state index in [1.54, 1.807) is 18.2 Å². The first-order valence-corrected chi connectivity index (χ1v) is 11.1. The fourth-order valence-electron chi connectivity index (χ4n) is 2.60. The third-order valence-corrected chi connectivity index (χ3v) is 5.96. The van der Waals surface area contributed by atoms with Gasteiger partial charge in [-0.05, 0) is 41.8 Å². The van der Waals surface area contributed by atoms with Gasteiger partial charge in [0.1, 0.15) is 12.4 Å². The van der Waals surface area contributed by atoms with Gasteiger partial charge >= 0.3 is 0 Å². The van der Waals surface area contributed by atoms with Gasteiger partial charge in [-0.2, -0.15) is 0 Å². The lowest BCUT2D eigenvalue weighted by atomic mass is 10.0. The molecule has 158 valence electrons. The monoisotopic (exact) mass is 464 g/mol. The van der Waals surface area contributed by atoms with Crippen LogP contribution in [-0.4, -0.2) is 26.4 Å². The summed E-state index contributed by atoms with van der Waals surface area (Å²) in [6.07, 6.45) is 0. The topological polar surface area (TPSA) is 69.0 Å². The molecule has 2 aromatic carbocycles. The van der Waals surface area contributed by atoms with Crippen LogP contribution < -0.4 is 10.1 Å². The maximum absolute atomic E-state index is 12.2. The molecule has 0 unspecified atom stereocenters. The Morgan fingerprint density at radius 2 is 1.90 bits per heavy atom. The number of carbonyl (C=O) groups excluding carboxylic acids is 1. The summed E-state index contributed by atoms with van der Waals surface area (Å²) in [6.45, 7) is 4.59. The van der Waals surface area contributed by atoms with Gasteiger partial charge in [-0.15, -0.1) is 10.2 Å². The van der Waals surface area contributed by atoms with E-state index in [4.69, 9.17) is 27.9 Å². The summed E-state index contributed by atoms with van der Waals surface area (Å²) in [7, 11) is 1.84. The van der Waals surface area contributed by atoms with Crippen molar-refractivity contribution in [3.05, 3.63) is 63.9 Å². The average Bonchev–Trinajstić information content (AvgIpc) is 3.07. The summed E-state index contributed by atoms with van der Waals surface area (Å²) in [4.78, 5) is 12.2. The van der Waals surface area contributed by atoms with Gasteiger partial charge in [-0.25, -0.2) is 0 Å². The number of carbonyl (C=O) groups is 1. The number of aromatic nitrogens is 3. The van der Waals surface area contributed by atoms with Crippen molar-refractivity contribution in [2.45, 2.75) is 31.5 Å². The van der Waals surface area contributed by atoms with Crippen molar-refractivity contribution in [1.29, 1.82) is 0 Å². The molecule has 9 heteroatoms. The second-order valence-corrected chi connectivity index (χ2v) is 8.72. The molecule has 0 aliphatic rings. The molecule has 0 bridgehead atoms. The molecule has 6 nitrogen and oxygen atoms in total. The average molecular weight is 465 g/mol. The highest BCUT2D eigenvalue weighted by Gasteiger charge is 2.13. The van der Waals surface area contributed by atoms with Crippen molar-refractivity contribution in [2.24, 2.45) is 7.05 Å². The minimum Gasteiger partial charge on any atom is -0.486 e. The van der Waals surface area contributed by atoms with Crippen LogP contribution in [0.3, 0.4) is 0 Å². The summed E-state index contributed by atoms with van der Waals surface area (Å²) >= 11 is 13.3. The number of thioether (sulfide) groups is 1. The molecule has 1 aromatic heterocycles. The van der Waals surface area contributed by atoms with E-state index in [1.165, 1.54) is 17.3 Å². The van der Waals surface area contributed by atoms with Gasteiger partial charge in [-0.1, -0.05) is 60.9 Å². The zero-order valence-corrected chi connectivity index (χ0v) is 19.2. The molecule has 1 amide bonds. The molecule has 1 heterocycles. The normalized spacial score (nSPS) is 11.0. The predicted octanol–water partition coefficient (Wildman–Crippen LogP) is 5.56. The van der Waals surface area contributed by atoms with E-state index in [9.17, 15) is 4.79 Å². The summed E-state index contributed by atoms with van der Waals surface area (Å²) in [6, 6.07) is 12.9. The highest BCUT2D eigenvalue weighted by Crippen LogP contribution is 2.26. The number of amides is 1. The standard InChI is InChI=1S/C21H22Cl2N4O2S/c1-13(2)14-4-7-16(8-5-14)29-11-19-25-26-21(27(19)3)30-12-20(28)24-18-10-15(22)6-9-17(18)23/h4-10,13H,11-12H2,1-3H3,(H,24,28). The van der Waals surface area contributed by atoms with Gasteiger partial charge in [-0.3, -0.25) is 4.79 Å². The number of halogens is 2. The summed E-state index contributed by atoms with van der Waals surface area (Å²) in [5, 5.41) is 12.6. The fourth-order valence-corrected chi connectivity index (χ4v) is 3.67. The Kier molecular flexibility index (Phi) is 7.64. The largest absolute Gasteiger partial charge is 0.486 e. The predicted molar refractivity (Wildman–Crippen MR) is 122 cm³/mol. The number of anilines is 1. The third kappa shape index (κ3) is 5.90. The number of hydrogen-bond acceptors (Lipinski definition) is 5. The molecule has 0 aliphatic carbocycles. The Morgan fingerprint density at radius 3 is 2.60 bits per heavy atom. The minimum atomic E-state index is -0.213. The zero-order valence-electron chi connectivity index (χ0n) is 16.9. The first-order chi connectivity index (χ1) is 14.3. The van der Waals surface area contributed by atoms with Gasteiger partial charge in [0.2, 0.25) is 5.91 Å². The van der Waals surface area contributed by atoms with Crippen LogP contribution in [0.25, 0.3) is 0 Å². The Bertz CT molecular complexity index is 1020. The van der Waals surface area contributed by atoms with Gasteiger partial charge in [0, 0.05) is 12.1 Å². The molecule has 3 rings (SSSR count). The maximum Gasteiger partial charge on any atom is 0.234 e. The molecule has 1 N–H and O–H groups in total. The van der Waals surface area contributed by atoms with Crippen molar-refractivity contribution in [1.82, 2.24) is 14.8 Å². The number of ether oxygens (including phenoxy) is 1. The molecule has 0 saturated carbocycles. The molecule has 0 atom stereocenters. The molecule has 0 spiro atoms. The summed E-state index contributed by atoms with van der Waals surface area (Å²) < 4.78 is 7.62. The molecule has 0 radical (unpaired) electrons. The molecular formula is C21H22Cl2N4O2S. The lowest BCUT2D eigenvalue weighted by Gasteiger charge is -2.09. The van der Waals surface area contributed by atoms with E-state index in [0.717, 1.165) is 5.75 Å². The lowest BCUT2D eigenvalue weighted by Crippen LogP contribution is -2.15. The smallest absolute Gasteiger partial charge is 0.234 e.